The second-order valence-electron chi connectivity index (χ2n) is 10.7. The van der Waals surface area contributed by atoms with E-state index in [4.69, 9.17) is 9.84 Å². The van der Waals surface area contributed by atoms with Crippen molar-refractivity contribution in [2.45, 2.75) is 70.6 Å². The highest BCUT2D eigenvalue weighted by molar-refractivity contribution is 5.79. The average Bonchev–Trinajstić information content (AvgIpc) is 3.49. The van der Waals surface area contributed by atoms with Crippen LogP contribution in [-0.2, 0) is 30.8 Å². The van der Waals surface area contributed by atoms with Gasteiger partial charge in [0, 0.05) is 49.1 Å². The SMILES string of the molecule is COc1ccccc1-n1nc(CN(C(=O)C2CCCC2)C2CC2)c2c1CCN(Cc1ccccc1F)C2. The molecular weight excluding hydrogens is 467 g/mol. The first kappa shape index (κ1) is 24.2. The van der Waals surface area contributed by atoms with Crippen molar-refractivity contribution in [2.75, 3.05) is 13.7 Å². The van der Waals surface area contributed by atoms with Crippen molar-refractivity contribution in [3.05, 3.63) is 76.9 Å². The van der Waals surface area contributed by atoms with Crippen molar-refractivity contribution < 1.29 is 13.9 Å². The number of benzene rings is 2. The van der Waals surface area contributed by atoms with Crippen LogP contribution in [0.15, 0.2) is 48.5 Å². The Hall–Kier alpha value is -3.19. The Bertz CT molecular complexity index is 1280. The third kappa shape index (κ3) is 4.89. The molecular formula is C30H35FN4O2. The Labute approximate surface area is 218 Å². The van der Waals surface area contributed by atoms with E-state index in [-0.39, 0.29) is 11.7 Å². The van der Waals surface area contributed by atoms with E-state index in [1.165, 1.54) is 11.6 Å². The number of para-hydroxylation sites is 2. The molecule has 7 heteroatoms. The number of hydrogen-bond donors (Lipinski definition) is 0. The van der Waals surface area contributed by atoms with Gasteiger partial charge in [0.1, 0.15) is 17.3 Å². The number of ether oxygens (including phenoxy) is 1. The number of aromatic nitrogens is 2. The molecule has 2 heterocycles. The maximum Gasteiger partial charge on any atom is 0.226 e. The van der Waals surface area contributed by atoms with Crippen LogP contribution in [0.2, 0.25) is 0 Å². The first-order valence-electron chi connectivity index (χ1n) is 13.6. The molecule has 2 fully saturated rings. The third-order valence-corrected chi connectivity index (χ3v) is 8.18. The maximum absolute atomic E-state index is 14.4. The lowest BCUT2D eigenvalue weighted by molar-refractivity contribution is -0.136. The Morgan fingerprint density at radius 2 is 1.84 bits per heavy atom. The van der Waals surface area contributed by atoms with Crippen LogP contribution in [0.4, 0.5) is 4.39 Å². The molecule has 2 aliphatic carbocycles. The molecule has 2 saturated carbocycles. The van der Waals surface area contributed by atoms with Gasteiger partial charge in [-0.1, -0.05) is 43.2 Å². The van der Waals surface area contributed by atoms with E-state index in [9.17, 15) is 9.18 Å². The molecule has 0 N–H and O–H groups in total. The fourth-order valence-corrected chi connectivity index (χ4v) is 6.02. The summed E-state index contributed by atoms with van der Waals surface area (Å²) in [4.78, 5) is 17.9. The summed E-state index contributed by atoms with van der Waals surface area (Å²) in [6.07, 6.45) is 7.27. The minimum Gasteiger partial charge on any atom is -0.494 e. The van der Waals surface area contributed by atoms with Crippen molar-refractivity contribution >= 4 is 5.91 Å². The highest BCUT2D eigenvalue weighted by Crippen LogP contribution is 2.36. The molecule has 6 rings (SSSR count). The summed E-state index contributed by atoms with van der Waals surface area (Å²) in [5.41, 5.74) is 4.90. The zero-order chi connectivity index (χ0) is 25.4. The lowest BCUT2D eigenvalue weighted by Crippen LogP contribution is -2.37. The Kier molecular flexibility index (Phi) is 6.72. The highest BCUT2D eigenvalue weighted by atomic mass is 19.1. The molecule has 6 nitrogen and oxygen atoms in total. The summed E-state index contributed by atoms with van der Waals surface area (Å²) < 4.78 is 22.1. The monoisotopic (exact) mass is 502 g/mol. The van der Waals surface area contributed by atoms with E-state index < -0.39 is 0 Å². The minimum absolute atomic E-state index is 0.158. The van der Waals surface area contributed by atoms with Gasteiger partial charge in [0.2, 0.25) is 5.91 Å². The van der Waals surface area contributed by atoms with Crippen molar-refractivity contribution in [1.82, 2.24) is 19.6 Å². The normalized spacial score (nSPS) is 18.1. The number of halogens is 1. The lowest BCUT2D eigenvalue weighted by atomic mass is 10.0. The first-order chi connectivity index (χ1) is 18.1. The zero-order valence-corrected chi connectivity index (χ0v) is 21.5. The summed E-state index contributed by atoms with van der Waals surface area (Å²) in [5, 5.41) is 5.13. The summed E-state index contributed by atoms with van der Waals surface area (Å²) in [5.74, 6) is 1.07. The van der Waals surface area contributed by atoms with Crippen LogP contribution < -0.4 is 4.74 Å². The molecule has 1 aliphatic heterocycles. The van der Waals surface area contributed by atoms with Crippen LogP contribution in [0.3, 0.4) is 0 Å². The molecule has 0 unspecified atom stereocenters. The Morgan fingerprint density at radius 1 is 1.08 bits per heavy atom. The van der Waals surface area contributed by atoms with E-state index in [1.807, 2.05) is 41.1 Å². The maximum atomic E-state index is 14.4. The molecule has 0 spiro atoms. The Balaban J connectivity index is 1.35. The fourth-order valence-electron chi connectivity index (χ4n) is 6.02. The molecule has 0 saturated heterocycles. The van der Waals surface area contributed by atoms with Crippen LogP contribution in [0.25, 0.3) is 5.69 Å². The Morgan fingerprint density at radius 3 is 2.59 bits per heavy atom. The van der Waals surface area contributed by atoms with Crippen LogP contribution >= 0.6 is 0 Å². The van der Waals surface area contributed by atoms with Gasteiger partial charge in [-0.05, 0) is 43.9 Å². The molecule has 194 valence electrons. The number of hydrogen-bond acceptors (Lipinski definition) is 4. The fraction of sp³-hybridized carbons (Fsp3) is 0.467. The van der Waals surface area contributed by atoms with E-state index in [1.54, 1.807) is 13.2 Å². The van der Waals surface area contributed by atoms with Crippen molar-refractivity contribution in [2.24, 2.45) is 5.92 Å². The molecule has 37 heavy (non-hydrogen) atoms. The molecule has 3 aromatic rings. The average molecular weight is 503 g/mol. The summed E-state index contributed by atoms with van der Waals surface area (Å²) in [7, 11) is 1.68. The van der Waals surface area contributed by atoms with E-state index in [2.05, 4.69) is 9.80 Å². The molecule has 3 aliphatic rings. The van der Waals surface area contributed by atoms with Gasteiger partial charge < -0.3 is 9.64 Å². The molecule has 0 radical (unpaired) electrons. The number of fused-ring (bicyclic) bond motifs is 1. The number of methoxy groups -OCH3 is 1. The first-order valence-corrected chi connectivity index (χ1v) is 13.6. The van der Waals surface area contributed by atoms with Gasteiger partial charge in [0.25, 0.3) is 0 Å². The van der Waals surface area contributed by atoms with Crippen molar-refractivity contribution in [3.63, 3.8) is 0 Å². The number of amides is 1. The van der Waals surface area contributed by atoms with Crippen LogP contribution in [0.1, 0.15) is 61.0 Å². The topological polar surface area (TPSA) is 50.6 Å². The van der Waals surface area contributed by atoms with Gasteiger partial charge in [0.05, 0.1) is 25.0 Å². The smallest absolute Gasteiger partial charge is 0.226 e. The second-order valence-corrected chi connectivity index (χ2v) is 10.7. The van der Waals surface area contributed by atoms with Gasteiger partial charge in [-0.2, -0.15) is 5.10 Å². The zero-order valence-electron chi connectivity index (χ0n) is 21.5. The van der Waals surface area contributed by atoms with Crippen LogP contribution in [0.5, 0.6) is 5.75 Å². The second kappa shape index (κ2) is 10.3. The number of rotatable bonds is 8. The largest absolute Gasteiger partial charge is 0.494 e. The molecule has 0 bridgehead atoms. The highest BCUT2D eigenvalue weighted by Gasteiger charge is 2.38. The predicted molar refractivity (Wildman–Crippen MR) is 140 cm³/mol. The standard InChI is InChI=1S/C30H35FN4O2/c1-37-29-13-7-6-12-28(29)35-27-16-17-33(18-22-10-4-5-11-25(22)31)19-24(27)26(32-35)20-34(23-14-15-23)30(36)21-8-2-3-9-21/h4-7,10-13,21,23H,2-3,8-9,14-20H2,1H3. The molecule has 1 aromatic heterocycles. The van der Waals surface area contributed by atoms with Gasteiger partial charge >= 0.3 is 0 Å². The quantitative estimate of drug-likeness (QED) is 0.422. The third-order valence-electron chi connectivity index (χ3n) is 8.18. The minimum atomic E-state index is -0.166. The van der Waals surface area contributed by atoms with Gasteiger partial charge in [-0.25, -0.2) is 9.07 Å². The van der Waals surface area contributed by atoms with E-state index in [0.717, 1.165) is 74.3 Å². The molecule has 2 aromatic carbocycles. The molecule has 1 amide bonds. The van der Waals surface area contributed by atoms with Crippen LogP contribution in [-0.4, -0.2) is 45.2 Å². The summed E-state index contributed by atoms with van der Waals surface area (Å²) in [6.45, 7) is 2.59. The van der Waals surface area contributed by atoms with E-state index in [0.29, 0.717) is 37.1 Å². The summed E-state index contributed by atoms with van der Waals surface area (Å²) in [6, 6.07) is 15.3. The van der Waals surface area contributed by atoms with Crippen molar-refractivity contribution in [1.29, 1.82) is 0 Å². The van der Waals surface area contributed by atoms with Gasteiger partial charge in [-0.15, -0.1) is 0 Å². The lowest BCUT2D eigenvalue weighted by Gasteiger charge is -2.29. The molecule has 0 atom stereocenters. The number of carbonyl (C=O) groups excluding carboxylic acids is 1. The van der Waals surface area contributed by atoms with E-state index >= 15 is 0 Å². The predicted octanol–water partition coefficient (Wildman–Crippen LogP) is 5.26. The van der Waals surface area contributed by atoms with Gasteiger partial charge in [-0.3, -0.25) is 9.69 Å². The summed E-state index contributed by atoms with van der Waals surface area (Å²) >= 11 is 0. The number of carbonyl (C=O) groups is 1. The van der Waals surface area contributed by atoms with Crippen LogP contribution in [0, 0.1) is 11.7 Å². The number of nitrogens with zero attached hydrogens (tertiary/aromatic N) is 4. The van der Waals surface area contributed by atoms with Gasteiger partial charge in [0.15, 0.2) is 0 Å². The van der Waals surface area contributed by atoms with Crippen molar-refractivity contribution in [3.8, 4) is 11.4 Å².